The summed E-state index contributed by atoms with van der Waals surface area (Å²) >= 11 is 3.55. The Morgan fingerprint density at radius 1 is 1.29 bits per heavy atom. The standard InChI is InChI=1S/C15H21N3S2.HI/c1-12(8-14-4-3-6-20-14)9-17-15(16-2)18-10-13-5-7-19-11-13;/h3-7,11-12H,8-10H2,1-2H3,(H2,16,17,18);1H. The summed E-state index contributed by atoms with van der Waals surface area (Å²) in [5.41, 5.74) is 1.30. The minimum atomic E-state index is 0. The van der Waals surface area contributed by atoms with Gasteiger partial charge in [-0.1, -0.05) is 13.0 Å². The number of hydrogen-bond acceptors (Lipinski definition) is 3. The number of thiophene rings is 2. The van der Waals surface area contributed by atoms with Gasteiger partial charge in [0, 0.05) is 25.0 Å². The van der Waals surface area contributed by atoms with Gasteiger partial charge < -0.3 is 10.6 Å². The molecule has 0 radical (unpaired) electrons. The van der Waals surface area contributed by atoms with Gasteiger partial charge in [0.25, 0.3) is 0 Å². The topological polar surface area (TPSA) is 36.4 Å². The molecule has 2 rings (SSSR count). The van der Waals surface area contributed by atoms with Crippen LogP contribution in [0.1, 0.15) is 17.4 Å². The number of nitrogens with zero attached hydrogens (tertiary/aromatic N) is 1. The maximum Gasteiger partial charge on any atom is 0.191 e. The Morgan fingerprint density at radius 2 is 2.14 bits per heavy atom. The average molecular weight is 435 g/mol. The van der Waals surface area contributed by atoms with Crippen LogP contribution in [0.15, 0.2) is 39.3 Å². The molecule has 2 heterocycles. The molecule has 3 nitrogen and oxygen atoms in total. The summed E-state index contributed by atoms with van der Waals surface area (Å²) in [6.45, 7) is 4.02. The Labute approximate surface area is 151 Å². The van der Waals surface area contributed by atoms with Crippen molar-refractivity contribution in [3.8, 4) is 0 Å². The van der Waals surface area contributed by atoms with E-state index >= 15 is 0 Å². The lowest BCUT2D eigenvalue weighted by Crippen LogP contribution is -2.39. The van der Waals surface area contributed by atoms with Gasteiger partial charge in [0.1, 0.15) is 0 Å². The Bertz CT molecular complexity index is 509. The molecule has 1 unspecified atom stereocenters. The van der Waals surface area contributed by atoms with Crippen LogP contribution in [-0.2, 0) is 13.0 Å². The predicted molar refractivity (Wildman–Crippen MR) is 105 cm³/mol. The quantitative estimate of drug-likeness (QED) is 0.409. The Morgan fingerprint density at radius 3 is 2.76 bits per heavy atom. The van der Waals surface area contributed by atoms with Gasteiger partial charge in [-0.05, 0) is 46.2 Å². The van der Waals surface area contributed by atoms with Crippen molar-refractivity contribution in [1.82, 2.24) is 10.6 Å². The van der Waals surface area contributed by atoms with Crippen molar-refractivity contribution in [2.75, 3.05) is 13.6 Å². The average Bonchev–Trinajstić information content (AvgIpc) is 3.12. The fraction of sp³-hybridized carbons (Fsp3) is 0.400. The number of rotatable bonds is 6. The fourth-order valence-corrected chi connectivity index (χ4v) is 3.45. The zero-order valence-corrected chi connectivity index (χ0v) is 16.3. The molecule has 0 amide bonds. The number of halogens is 1. The van der Waals surface area contributed by atoms with E-state index < -0.39 is 0 Å². The summed E-state index contributed by atoms with van der Waals surface area (Å²) in [7, 11) is 1.81. The molecule has 2 aromatic rings. The molecule has 0 aliphatic carbocycles. The third-order valence-electron chi connectivity index (χ3n) is 3.01. The van der Waals surface area contributed by atoms with Crippen molar-refractivity contribution in [1.29, 1.82) is 0 Å². The Hall–Kier alpha value is -0.600. The molecular weight excluding hydrogens is 413 g/mol. The lowest BCUT2D eigenvalue weighted by atomic mass is 10.1. The SMILES string of the molecule is CN=C(NCc1ccsc1)NCC(C)Cc1cccs1.I. The summed E-state index contributed by atoms with van der Waals surface area (Å²) in [5, 5.41) is 13.1. The van der Waals surface area contributed by atoms with Crippen LogP contribution in [0, 0.1) is 5.92 Å². The van der Waals surface area contributed by atoms with Crippen molar-refractivity contribution in [2.24, 2.45) is 10.9 Å². The Balaban J connectivity index is 0.00000220. The third-order valence-corrected chi connectivity index (χ3v) is 4.64. The third kappa shape index (κ3) is 6.80. The maximum atomic E-state index is 4.26. The second kappa shape index (κ2) is 10.2. The molecular formula is C15H22IN3S2. The van der Waals surface area contributed by atoms with E-state index in [-0.39, 0.29) is 24.0 Å². The van der Waals surface area contributed by atoms with Crippen molar-refractivity contribution < 1.29 is 0 Å². The van der Waals surface area contributed by atoms with Crippen molar-refractivity contribution in [3.05, 3.63) is 44.8 Å². The minimum Gasteiger partial charge on any atom is -0.356 e. The largest absolute Gasteiger partial charge is 0.356 e. The van der Waals surface area contributed by atoms with E-state index in [0.717, 1.165) is 25.5 Å². The van der Waals surface area contributed by atoms with Gasteiger partial charge in [-0.15, -0.1) is 35.3 Å². The molecule has 2 aromatic heterocycles. The summed E-state index contributed by atoms with van der Waals surface area (Å²) in [6.07, 6.45) is 1.12. The van der Waals surface area contributed by atoms with Gasteiger partial charge in [-0.2, -0.15) is 11.3 Å². The second-order valence-electron chi connectivity index (χ2n) is 4.83. The van der Waals surface area contributed by atoms with Crippen LogP contribution >= 0.6 is 46.7 Å². The Kier molecular flexibility index (Phi) is 8.94. The zero-order valence-electron chi connectivity index (χ0n) is 12.3. The number of hydrogen-bond donors (Lipinski definition) is 2. The first-order valence-corrected chi connectivity index (χ1v) is 8.58. The zero-order chi connectivity index (χ0) is 14.2. The van der Waals surface area contributed by atoms with Gasteiger partial charge in [0.2, 0.25) is 0 Å². The highest BCUT2D eigenvalue weighted by Gasteiger charge is 2.06. The molecule has 0 bridgehead atoms. The maximum absolute atomic E-state index is 4.26. The van der Waals surface area contributed by atoms with Crippen LogP contribution in [0.4, 0.5) is 0 Å². The minimum absolute atomic E-state index is 0. The van der Waals surface area contributed by atoms with Gasteiger partial charge in [0.15, 0.2) is 5.96 Å². The molecule has 0 fully saturated rings. The van der Waals surface area contributed by atoms with Crippen LogP contribution in [0.2, 0.25) is 0 Å². The first-order chi connectivity index (χ1) is 9.78. The molecule has 6 heteroatoms. The second-order valence-corrected chi connectivity index (χ2v) is 6.64. The smallest absolute Gasteiger partial charge is 0.191 e. The van der Waals surface area contributed by atoms with Crippen LogP contribution in [0.25, 0.3) is 0 Å². The number of guanidine groups is 1. The molecule has 0 aromatic carbocycles. The molecule has 1 atom stereocenters. The van der Waals surface area contributed by atoms with Gasteiger partial charge in [0.05, 0.1) is 0 Å². The molecule has 116 valence electrons. The van der Waals surface area contributed by atoms with Crippen molar-refractivity contribution in [2.45, 2.75) is 19.9 Å². The van der Waals surface area contributed by atoms with E-state index in [1.165, 1.54) is 10.4 Å². The normalized spacial score (nSPS) is 12.6. The molecule has 21 heavy (non-hydrogen) atoms. The van der Waals surface area contributed by atoms with Gasteiger partial charge >= 0.3 is 0 Å². The molecule has 0 aliphatic heterocycles. The van der Waals surface area contributed by atoms with E-state index in [2.05, 4.69) is 56.9 Å². The highest BCUT2D eigenvalue weighted by Crippen LogP contribution is 2.13. The summed E-state index contributed by atoms with van der Waals surface area (Å²) in [5.74, 6) is 1.46. The fourth-order valence-electron chi connectivity index (χ4n) is 1.91. The van der Waals surface area contributed by atoms with Crippen LogP contribution in [0.5, 0.6) is 0 Å². The summed E-state index contributed by atoms with van der Waals surface area (Å²) in [6, 6.07) is 6.44. The van der Waals surface area contributed by atoms with E-state index in [1.807, 2.05) is 18.4 Å². The summed E-state index contributed by atoms with van der Waals surface area (Å²) < 4.78 is 0. The molecule has 2 N–H and O–H groups in total. The van der Waals surface area contributed by atoms with Crippen LogP contribution in [0.3, 0.4) is 0 Å². The van der Waals surface area contributed by atoms with E-state index in [9.17, 15) is 0 Å². The highest BCUT2D eigenvalue weighted by atomic mass is 127. The van der Waals surface area contributed by atoms with E-state index in [1.54, 1.807) is 11.3 Å². The van der Waals surface area contributed by atoms with Crippen LogP contribution in [-0.4, -0.2) is 19.6 Å². The molecule has 0 saturated carbocycles. The predicted octanol–water partition coefficient (Wildman–Crippen LogP) is 3.97. The monoisotopic (exact) mass is 435 g/mol. The first-order valence-electron chi connectivity index (χ1n) is 6.76. The lowest BCUT2D eigenvalue weighted by Gasteiger charge is -2.15. The van der Waals surface area contributed by atoms with E-state index in [4.69, 9.17) is 0 Å². The highest BCUT2D eigenvalue weighted by molar-refractivity contribution is 14.0. The van der Waals surface area contributed by atoms with Crippen molar-refractivity contribution >= 4 is 52.6 Å². The molecule has 0 spiro atoms. The van der Waals surface area contributed by atoms with Crippen LogP contribution < -0.4 is 10.6 Å². The first kappa shape index (κ1) is 18.4. The number of nitrogens with one attached hydrogen (secondary N) is 2. The van der Waals surface area contributed by atoms with Gasteiger partial charge in [-0.25, -0.2) is 0 Å². The van der Waals surface area contributed by atoms with Crippen molar-refractivity contribution in [3.63, 3.8) is 0 Å². The lowest BCUT2D eigenvalue weighted by molar-refractivity contribution is 0.562. The molecule has 0 saturated heterocycles. The number of aliphatic imine (C=N–C) groups is 1. The summed E-state index contributed by atoms with van der Waals surface area (Å²) in [4.78, 5) is 5.70. The van der Waals surface area contributed by atoms with Gasteiger partial charge in [-0.3, -0.25) is 4.99 Å². The van der Waals surface area contributed by atoms with E-state index in [0.29, 0.717) is 5.92 Å². The molecule has 0 aliphatic rings.